The van der Waals surface area contributed by atoms with Gasteiger partial charge in [0.1, 0.15) is 11.9 Å². The molecule has 136 valence electrons. The monoisotopic (exact) mass is 362 g/mol. The minimum absolute atomic E-state index is 0.137. The fourth-order valence-electron chi connectivity index (χ4n) is 3.62. The highest BCUT2D eigenvalue weighted by Gasteiger charge is 2.35. The Hall–Kier alpha value is -3.21. The molecule has 1 unspecified atom stereocenters. The van der Waals surface area contributed by atoms with Crippen molar-refractivity contribution >= 4 is 28.3 Å². The van der Waals surface area contributed by atoms with Gasteiger partial charge < -0.3 is 9.80 Å². The number of carbonyl (C=O) groups is 2. The predicted molar refractivity (Wildman–Crippen MR) is 103 cm³/mol. The SMILES string of the molecule is CC1C(=O)N(c2cccc3ccccc23)CCN1C(=O)c1cccc(F)c1. The van der Waals surface area contributed by atoms with E-state index in [2.05, 4.69) is 0 Å². The number of anilines is 1. The largest absolute Gasteiger partial charge is 0.325 e. The zero-order valence-electron chi connectivity index (χ0n) is 14.9. The molecule has 2 amide bonds. The van der Waals surface area contributed by atoms with Crippen LogP contribution in [0.2, 0.25) is 0 Å². The number of fused-ring (bicyclic) bond motifs is 1. The highest BCUT2D eigenvalue weighted by molar-refractivity contribution is 6.08. The molecule has 1 aliphatic heterocycles. The summed E-state index contributed by atoms with van der Waals surface area (Å²) in [7, 11) is 0. The van der Waals surface area contributed by atoms with Crippen LogP contribution in [0.4, 0.5) is 10.1 Å². The third-order valence-corrected chi connectivity index (χ3v) is 5.05. The maximum Gasteiger partial charge on any atom is 0.254 e. The lowest BCUT2D eigenvalue weighted by Crippen LogP contribution is -2.57. The smallest absolute Gasteiger partial charge is 0.254 e. The van der Waals surface area contributed by atoms with Crippen molar-refractivity contribution in [3.63, 3.8) is 0 Å². The molecule has 5 heteroatoms. The zero-order valence-corrected chi connectivity index (χ0v) is 14.9. The van der Waals surface area contributed by atoms with Crippen LogP contribution < -0.4 is 4.90 Å². The molecule has 27 heavy (non-hydrogen) atoms. The van der Waals surface area contributed by atoms with Crippen molar-refractivity contribution in [2.75, 3.05) is 18.0 Å². The minimum atomic E-state index is -0.617. The van der Waals surface area contributed by atoms with E-state index in [0.29, 0.717) is 13.1 Å². The van der Waals surface area contributed by atoms with E-state index < -0.39 is 11.9 Å². The second kappa shape index (κ2) is 6.83. The Labute approximate surface area is 156 Å². The van der Waals surface area contributed by atoms with Crippen molar-refractivity contribution in [3.05, 3.63) is 78.1 Å². The van der Waals surface area contributed by atoms with Gasteiger partial charge in [0.15, 0.2) is 0 Å². The molecule has 3 aromatic rings. The van der Waals surface area contributed by atoms with Crippen LogP contribution in [0.25, 0.3) is 10.8 Å². The number of hydrogen-bond acceptors (Lipinski definition) is 2. The summed E-state index contributed by atoms with van der Waals surface area (Å²) in [5.74, 6) is -0.926. The summed E-state index contributed by atoms with van der Waals surface area (Å²) in [5.41, 5.74) is 1.11. The molecular formula is C22H19FN2O2. The molecule has 3 aromatic carbocycles. The van der Waals surface area contributed by atoms with Crippen molar-refractivity contribution in [2.45, 2.75) is 13.0 Å². The summed E-state index contributed by atoms with van der Waals surface area (Å²) in [6.45, 7) is 2.51. The van der Waals surface area contributed by atoms with E-state index in [4.69, 9.17) is 0 Å². The predicted octanol–water partition coefficient (Wildman–Crippen LogP) is 3.86. The van der Waals surface area contributed by atoms with Gasteiger partial charge in [-0.25, -0.2) is 4.39 Å². The van der Waals surface area contributed by atoms with E-state index in [0.717, 1.165) is 16.5 Å². The maximum atomic E-state index is 13.5. The third-order valence-electron chi connectivity index (χ3n) is 5.05. The van der Waals surface area contributed by atoms with Crippen molar-refractivity contribution in [1.82, 2.24) is 4.90 Å². The number of carbonyl (C=O) groups excluding carboxylic acids is 2. The fraction of sp³-hybridized carbons (Fsp3) is 0.182. The van der Waals surface area contributed by atoms with E-state index in [1.807, 2.05) is 42.5 Å². The van der Waals surface area contributed by atoms with Crippen LogP contribution in [0, 0.1) is 5.82 Å². The van der Waals surface area contributed by atoms with Gasteiger partial charge >= 0.3 is 0 Å². The number of benzene rings is 3. The Bertz CT molecular complexity index is 1030. The van der Waals surface area contributed by atoms with Gasteiger partial charge in [-0.2, -0.15) is 0 Å². The van der Waals surface area contributed by atoms with Crippen LogP contribution >= 0.6 is 0 Å². The molecule has 1 heterocycles. The van der Waals surface area contributed by atoms with Gasteiger partial charge in [0.2, 0.25) is 5.91 Å². The lowest BCUT2D eigenvalue weighted by molar-refractivity contribution is -0.124. The van der Waals surface area contributed by atoms with Gasteiger partial charge in [-0.05, 0) is 36.6 Å². The number of hydrogen-bond donors (Lipinski definition) is 0. The van der Waals surface area contributed by atoms with Crippen LogP contribution in [-0.4, -0.2) is 35.8 Å². The van der Waals surface area contributed by atoms with Crippen molar-refractivity contribution < 1.29 is 14.0 Å². The molecule has 4 rings (SSSR count). The first-order chi connectivity index (χ1) is 13.1. The second-order valence-electron chi connectivity index (χ2n) is 6.67. The van der Waals surface area contributed by atoms with Crippen LogP contribution in [0.15, 0.2) is 66.7 Å². The van der Waals surface area contributed by atoms with Gasteiger partial charge in [-0.1, -0.05) is 42.5 Å². The first-order valence-corrected chi connectivity index (χ1v) is 8.92. The average Bonchev–Trinajstić information content (AvgIpc) is 2.69. The van der Waals surface area contributed by atoms with E-state index >= 15 is 0 Å². The fourth-order valence-corrected chi connectivity index (χ4v) is 3.62. The van der Waals surface area contributed by atoms with Crippen LogP contribution in [-0.2, 0) is 4.79 Å². The highest BCUT2D eigenvalue weighted by Crippen LogP contribution is 2.29. The molecule has 0 saturated carbocycles. The quantitative estimate of drug-likeness (QED) is 0.695. The molecule has 0 aromatic heterocycles. The third kappa shape index (κ3) is 3.05. The summed E-state index contributed by atoms with van der Waals surface area (Å²) >= 11 is 0. The lowest BCUT2D eigenvalue weighted by atomic mass is 10.0. The van der Waals surface area contributed by atoms with Gasteiger partial charge in [0.25, 0.3) is 5.91 Å². The zero-order chi connectivity index (χ0) is 19.0. The second-order valence-corrected chi connectivity index (χ2v) is 6.67. The van der Waals surface area contributed by atoms with E-state index in [1.54, 1.807) is 17.9 Å². The first kappa shape index (κ1) is 17.2. The normalized spacial score (nSPS) is 17.4. The molecule has 1 saturated heterocycles. The van der Waals surface area contributed by atoms with Gasteiger partial charge in [-0.3, -0.25) is 9.59 Å². The average molecular weight is 362 g/mol. The number of nitrogens with zero attached hydrogens (tertiary/aromatic N) is 2. The van der Waals surface area contributed by atoms with Crippen LogP contribution in [0.5, 0.6) is 0 Å². The topological polar surface area (TPSA) is 40.6 Å². The summed E-state index contributed by atoms with van der Waals surface area (Å²) in [5, 5.41) is 2.07. The number of halogens is 1. The first-order valence-electron chi connectivity index (χ1n) is 8.92. The van der Waals surface area contributed by atoms with Gasteiger partial charge in [0, 0.05) is 24.0 Å². The molecular weight excluding hydrogens is 343 g/mol. The molecule has 0 radical (unpaired) electrons. The Morgan fingerprint density at radius 3 is 2.56 bits per heavy atom. The van der Waals surface area contributed by atoms with Gasteiger partial charge in [0.05, 0.1) is 5.69 Å². The summed E-state index contributed by atoms with van der Waals surface area (Å²) in [4.78, 5) is 29.0. The molecule has 1 fully saturated rings. The number of rotatable bonds is 2. The molecule has 0 aliphatic carbocycles. The minimum Gasteiger partial charge on any atom is -0.325 e. The Morgan fingerprint density at radius 1 is 1.00 bits per heavy atom. The van der Waals surface area contributed by atoms with Gasteiger partial charge in [-0.15, -0.1) is 0 Å². The highest BCUT2D eigenvalue weighted by atomic mass is 19.1. The maximum absolute atomic E-state index is 13.5. The van der Waals surface area contributed by atoms with Crippen molar-refractivity contribution in [3.8, 4) is 0 Å². The molecule has 0 spiro atoms. The molecule has 1 aliphatic rings. The summed E-state index contributed by atoms with van der Waals surface area (Å²) in [6, 6.07) is 18.7. The van der Waals surface area contributed by atoms with Crippen LogP contribution in [0.3, 0.4) is 0 Å². The van der Waals surface area contributed by atoms with E-state index in [9.17, 15) is 14.0 Å². The number of piperazine rings is 1. The van der Waals surface area contributed by atoms with Crippen LogP contribution in [0.1, 0.15) is 17.3 Å². The standard InChI is InChI=1S/C22H19FN2O2/c1-15-21(26)25(20-11-5-7-16-6-2-3-10-19(16)20)13-12-24(15)22(27)17-8-4-9-18(23)14-17/h2-11,14-15H,12-13H2,1H3. The van der Waals surface area contributed by atoms with Crippen molar-refractivity contribution in [1.29, 1.82) is 0 Å². The number of amides is 2. The molecule has 0 N–H and O–H groups in total. The lowest BCUT2D eigenvalue weighted by Gasteiger charge is -2.39. The van der Waals surface area contributed by atoms with E-state index in [1.165, 1.54) is 23.1 Å². The molecule has 1 atom stereocenters. The Balaban J connectivity index is 1.63. The molecule has 4 nitrogen and oxygen atoms in total. The van der Waals surface area contributed by atoms with Crippen molar-refractivity contribution in [2.24, 2.45) is 0 Å². The Morgan fingerprint density at radius 2 is 1.74 bits per heavy atom. The Kier molecular flexibility index (Phi) is 4.36. The molecule has 0 bridgehead atoms. The summed E-state index contributed by atoms with van der Waals surface area (Å²) in [6.07, 6.45) is 0. The van der Waals surface area contributed by atoms with E-state index in [-0.39, 0.29) is 17.4 Å². The summed E-state index contributed by atoms with van der Waals surface area (Å²) < 4.78 is 13.5.